The van der Waals surface area contributed by atoms with Gasteiger partial charge in [-0.1, -0.05) is 11.6 Å². The van der Waals surface area contributed by atoms with Gasteiger partial charge in [-0.05, 0) is 31.9 Å². The van der Waals surface area contributed by atoms with E-state index in [-0.39, 0.29) is 12.2 Å². The summed E-state index contributed by atoms with van der Waals surface area (Å²) in [5.74, 6) is -0.299. The molecular formula is C15H17NO3. The molecule has 0 N–H and O–H groups in total. The fraction of sp³-hybridized carbons (Fsp3) is 0.400. The molecule has 0 amide bonds. The number of fused-ring (bicyclic) bond motifs is 1. The van der Waals surface area contributed by atoms with Crippen LogP contribution in [0.15, 0.2) is 24.4 Å². The highest BCUT2D eigenvalue weighted by atomic mass is 16.5. The standard InChI is InChI=1S/C15H17NO3/c1-10-5-6-13-11(8-10)12(15(17)18-2)9-16(13)14-4-3-7-19-14/h5-6,8-9,14H,3-4,7H2,1-2H3. The smallest absolute Gasteiger partial charge is 0.340 e. The number of ether oxygens (including phenoxy) is 2. The highest BCUT2D eigenvalue weighted by Crippen LogP contribution is 2.31. The monoisotopic (exact) mass is 259 g/mol. The third kappa shape index (κ3) is 2.02. The highest BCUT2D eigenvalue weighted by molar-refractivity contribution is 6.04. The minimum Gasteiger partial charge on any atom is -0.465 e. The van der Waals surface area contributed by atoms with Crippen molar-refractivity contribution >= 4 is 16.9 Å². The van der Waals surface area contributed by atoms with Crippen molar-refractivity contribution in [3.8, 4) is 0 Å². The van der Waals surface area contributed by atoms with Gasteiger partial charge in [-0.15, -0.1) is 0 Å². The number of esters is 1. The molecule has 2 heterocycles. The minimum atomic E-state index is -0.299. The summed E-state index contributed by atoms with van der Waals surface area (Å²) in [5.41, 5.74) is 2.76. The molecule has 100 valence electrons. The van der Waals surface area contributed by atoms with Crippen LogP contribution < -0.4 is 0 Å². The summed E-state index contributed by atoms with van der Waals surface area (Å²) in [7, 11) is 1.41. The van der Waals surface area contributed by atoms with Gasteiger partial charge in [0.25, 0.3) is 0 Å². The molecule has 19 heavy (non-hydrogen) atoms. The van der Waals surface area contributed by atoms with E-state index in [2.05, 4.69) is 6.07 Å². The zero-order valence-electron chi connectivity index (χ0n) is 11.2. The second-order valence-corrected chi connectivity index (χ2v) is 4.93. The first-order chi connectivity index (χ1) is 9.20. The van der Waals surface area contributed by atoms with Gasteiger partial charge >= 0.3 is 5.97 Å². The Balaban J connectivity index is 2.19. The molecule has 1 unspecified atom stereocenters. The Labute approximate surface area is 111 Å². The molecular weight excluding hydrogens is 242 g/mol. The van der Waals surface area contributed by atoms with E-state index in [4.69, 9.17) is 9.47 Å². The molecule has 1 fully saturated rings. The molecule has 4 nitrogen and oxygen atoms in total. The van der Waals surface area contributed by atoms with Crippen molar-refractivity contribution in [3.05, 3.63) is 35.5 Å². The van der Waals surface area contributed by atoms with Crippen LogP contribution >= 0.6 is 0 Å². The number of methoxy groups -OCH3 is 1. The van der Waals surface area contributed by atoms with E-state index in [0.717, 1.165) is 35.9 Å². The number of nitrogens with zero attached hydrogens (tertiary/aromatic N) is 1. The third-order valence-corrected chi connectivity index (χ3v) is 3.61. The van der Waals surface area contributed by atoms with Crippen LogP contribution in [-0.2, 0) is 9.47 Å². The lowest BCUT2D eigenvalue weighted by molar-refractivity contribution is 0.0575. The Morgan fingerprint density at radius 1 is 1.47 bits per heavy atom. The number of carbonyl (C=O) groups is 1. The van der Waals surface area contributed by atoms with Gasteiger partial charge in [-0.25, -0.2) is 4.79 Å². The number of benzene rings is 1. The van der Waals surface area contributed by atoms with Crippen LogP contribution in [0, 0.1) is 6.92 Å². The molecule has 1 aromatic heterocycles. The van der Waals surface area contributed by atoms with E-state index in [1.165, 1.54) is 7.11 Å². The van der Waals surface area contributed by atoms with Crippen LogP contribution in [0.2, 0.25) is 0 Å². The molecule has 1 aliphatic rings. The molecule has 1 aromatic carbocycles. The average molecular weight is 259 g/mol. The van der Waals surface area contributed by atoms with Crippen LogP contribution in [0.25, 0.3) is 10.9 Å². The molecule has 2 aromatic rings. The van der Waals surface area contributed by atoms with Gasteiger partial charge in [0.05, 0.1) is 18.2 Å². The number of aromatic nitrogens is 1. The molecule has 0 saturated carbocycles. The van der Waals surface area contributed by atoms with E-state index in [1.807, 2.05) is 29.8 Å². The van der Waals surface area contributed by atoms with Crippen molar-refractivity contribution in [2.75, 3.05) is 13.7 Å². The summed E-state index contributed by atoms with van der Waals surface area (Å²) in [6.07, 6.45) is 3.93. The Hall–Kier alpha value is -1.81. The molecule has 0 spiro atoms. The quantitative estimate of drug-likeness (QED) is 0.778. The number of hydrogen-bond donors (Lipinski definition) is 0. The van der Waals surface area contributed by atoms with E-state index in [9.17, 15) is 4.79 Å². The topological polar surface area (TPSA) is 40.5 Å². The summed E-state index contributed by atoms with van der Waals surface area (Å²) in [5, 5.41) is 0.933. The number of rotatable bonds is 2. The van der Waals surface area contributed by atoms with Crippen LogP contribution in [0.1, 0.15) is 35.0 Å². The van der Waals surface area contributed by atoms with Gasteiger partial charge < -0.3 is 14.0 Å². The fourth-order valence-corrected chi connectivity index (χ4v) is 2.66. The summed E-state index contributed by atoms with van der Waals surface area (Å²) in [6, 6.07) is 6.11. The molecule has 0 radical (unpaired) electrons. The first-order valence-electron chi connectivity index (χ1n) is 6.52. The second-order valence-electron chi connectivity index (χ2n) is 4.93. The molecule has 1 atom stereocenters. The average Bonchev–Trinajstić information content (AvgIpc) is 3.03. The molecule has 4 heteroatoms. The van der Waals surface area contributed by atoms with E-state index in [0.29, 0.717) is 5.56 Å². The maximum Gasteiger partial charge on any atom is 0.340 e. The Kier molecular flexibility index (Phi) is 3.03. The van der Waals surface area contributed by atoms with Crippen molar-refractivity contribution in [3.63, 3.8) is 0 Å². The van der Waals surface area contributed by atoms with Gasteiger partial charge in [-0.2, -0.15) is 0 Å². The Morgan fingerprint density at radius 2 is 2.32 bits per heavy atom. The molecule has 3 rings (SSSR count). The number of carbonyl (C=O) groups excluding carboxylic acids is 1. The zero-order chi connectivity index (χ0) is 13.4. The molecule has 1 aliphatic heterocycles. The summed E-state index contributed by atoms with van der Waals surface area (Å²) in [6.45, 7) is 2.80. The lowest BCUT2D eigenvalue weighted by atomic mass is 10.1. The maximum absolute atomic E-state index is 11.9. The first kappa shape index (κ1) is 12.2. The van der Waals surface area contributed by atoms with E-state index >= 15 is 0 Å². The largest absolute Gasteiger partial charge is 0.465 e. The third-order valence-electron chi connectivity index (χ3n) is 3.61. The SMILES string of the molecule is COC(=O)c1cn(C2CCCO2)c2ccc(C)cc12. The fourth-order valence-electron chi connectivity index (χ4n) is 2.66. The van der Waals surface area contributed by atoms with Crippen molar-refractivity contribution < 1.29 is 14.3 Å². The van der Waals surface area contributed by atoms with Gasteiger partial charge in [0, 0.05) is 18.2 Å². The van der Waals surface area contributed by atoms with Gasteiger partial charge in [0.1, 0.15) is 6.23 Å². The zero-order valence-corrected chi connectivity index (χ0v) is 11.2. The molecule has 0 aliphatic carbocycles. The first-order valence-corrected chi connectivity index (χ1v) is 6.52. The van der Waals surface area contributed by atoms with E-state index in [1.54, 1.807) is 0 Å². The van der Waals surface area contributed by atoms with E-state index < -0.39 is 0 Å². The molecule has 1 saturated heterocycles. The summed E-state index contributed by atoms with van der Waals surface area (Å²) in [4.78, 5) is 11.9. The molecule has 0 bridgehead atoms. The summed E-state index contributed by atoms with van der Waals surface area (Å²) >= 11 is 0. The van der Waals surface area contributed by atoms with Crippen LogP contribution in [0.3, 0.4) is 0 Å². The predicted octanol–water partition coefficient (Wildman–Crippen LogP) is 3.05. The van der Waals surface area contributed by atoms with Crippen LogP contribution in [0.5, 0.6) is 0 Å². The van der Waals surface area contributed by atoms with Gasteiger partial charge in [0.2, 0.25) is 0 Å². The van der Waals surface area contributed by atoms with Crippen molar-refractivity contribution in [1.82, 2.24) is 4.57 Å². The van der Waals surface area contributed by atoms with Gasteiger partial charge in [-0.3, -0.25) is 0 Å². The lowest BCUT2D eigenvalue weighted by Gasteiger charge is -2.13. The van der Waals surface area contributed by atoms with Crippen LogP contribution in [-0.4, -0.2) is 24.3 Å². The highest BCUT2D eigenvalue weighted by Gasteiger charge is 2.23. The number of hydrogen-bond acceptors (Lipinski definition) is 3. The van der Waals surface area contributed by atoms with Crippen LogP contribution in [0.4, 0.5) is 0 Å². The minimum absolute atomic E-state index is 0.0311. The summed E-state index contributed by atoms with van der Waals surface area (Å²) < 4.78 is 12.6. The second kappa shape index (κ2) is 4.70. The Morgan fingerprint density at radius 3 is 3.00 bits per heavy atom. The van der Waals surface area contributed by atoms with Crippen molar-refractivity contribution in [2.45, 2.75) is 26.0 Å². The predicted molar refractivity (Wildman–Crippen MR) is 72.2 cm³/mol. The van der Waals surface area contributed by atoms with Crippen molar-refractivity contribution in [2.24, 2.45) is 0 Å². The van der Waals surface area contributed by atoms with Gasteiger partial charge in [0.15, 0.2) is 0 Å². The lowest BCUT2D eigenvalue weighted by Crippen LogP contribution is -2.06. The Bertz CT molecular complexity index is 624. The van der Waals surface area contributed by atoms with Crippen molar-refractivity contribution in [1.29, 1.82) is 0 Å². The number of aryl methyl sites for hydroxylation is 1. The maximum atomic E-state index is 11.9. The normalized spacial score (nSPS) is 18.9.